The molecule has 18 heavy (non-hydrogen) atoms. The van der Waals surface area contributed by atoms with Crippen molar-refractivity contribution < 1.29 is 23.5 Å². The van der Waals surface area contributed by atoms with Crippen molar-refractivity contribution in [3.8, 4) is 0 Å². The predicted octanol–water partition coefficient (Wildman–Crippen LogP) is 2.38. The van der Waals surface area contributed by atoms with Crippen LogP contribution in [0.5, 0.6) is 0 Å². The van der Waals surface area contributed by atoms with Gasteiger partial charge < -0.3 is 19.5 Å². The molecule has 6 nitrogen and oxygen atoms in total. The third-order valence-electron chi connectivity index (χ3n) is 1.66. The van der Waals surface area contributed by atoms with Crippen LogP contribution < -0.4 is 5.32 Å². The molecule has 106 valence electrons. The minimum atomic E-state index is -3.66. The van der Waals surface area contributed by atoms with Crippen molar-refractivity contribution in [1.82, 2.24) is 5.32 Å². The molecule has 0 fully saturated rings. The van der Waals surface area contributed by atoms with Crippen molar-refractivity contribution in [2.24, 2.45) is 0 Å². The van der Waals surface area contributed by atoms with Gasteiger partial charge in [-0.2, -0.15) is 0 Å². The molecule has 0 aliphatic rings. The standard InChI is InChI=1S/C10H20NO5PS/c1-6(2)15-17(14,16-7(3)4)10(18)11-8(5)9(12)13/h6-8H,1-5H3,(H,11,18)(H,12,13). The number of carboxylic acid groups (broad SMARTS) is 1. The molecular formula is C10H20NO5PS. The fourth-order valence-corrected chi connectivity index (χ4v) is 3.14. The second-order valence-corrected chi connectivity index (χ2v) is 6.89. The van der Waals surface area contributed by atoms with E-state index in [4.69, 9.17) is 26.4 Å². The lowest BCUT2D eigenvalue weighted by Crippen LogP contribution is -2.38. The average Bonchev–Trinajstić information content (AvgIpc) is 2.14. The lowest BCUT2D eigenvalue weighted by Gasteiger charge is -2.24. The molecule has 1 atom stereocenters. The summed E-state index contributed by atoms with van der Waals surface area (Å²) in [6, 6.07) is -0.961. The number of rotatable bonds is 7. The first-order valence-electron chi connectivity index (χ1n) is 5.59. The van der Waals surface area contributed by atoms with Crippen molar-refractivity contribution in [2.45, 2.75) is 52.9 Å². The third kappa shape index (κ3) is 5.91. The molecule has 0 aromatic heterocycles. The third-order valence-corrected chi connectivity index (χ3v) is 4.47. The largest absolute Gasteiger partial charge is 0.480 e. The molecule has 0 aliphatic carbocycles. The molecule has 0 aromatic rings. The first kappa shape index (κ1) is 17.5. The second kappa shape index (κ2) is 7.19. The van der Waals surface area contributed by atoms with Crippen LogP contribution in [0, 0.1) is 0 Å². The number of thiocarbonyl (C=S) groups is 1. The summed E-state index contributed by atoms with van der Waals surface area (Å²) in [4.78, 5) is 10.7. The predicted molar refractivity (Wildman–Crippen MR) is 72.9 cm³/mol. The van der Waals surface area contributed by atoms with Gasteiger partial charge in [-0.1, -0.05) is 12.2 Å². The molecule has 0 amide bonds. The lowest BCUT2D eigenvalue weighted by molar-refractivity contribution is -0.138. The molecule has 1 unspecified atom stereocenters. The minimum Gasteiger partial charge on any atom is -0.480 e. The molecule has 0 spiro atoms. The Morgan fingerprint density at radius 1 is 1.17 bits per heavy atom. The molecule has 0 aromatic carbocycles. The van der Waals surface area contributed by atoms with E-state index in [2.05, 4.69) is 5.32 Å². The summed E-state index contributed by atoms with van der Waals surface area (Å²) in [5, 5.41) is 11.2. The smallest absolute Gasteiger partial charge is 0.388 e. The summed E-state index contributed by atoms with van der Waals surface area (Å²) in [5.74, 6) is -1.10. The van der Waals surface area contributed by atoms with Crippen molar-refractivity contribution in [1.29, 1.82) is 0 Å². The zero-order valence-corrected chi connectivity index (χ0v) is 12.9. The van der Waals surface area contributed by atoms with E-state index < -0.39 is 19.6 Å². The summed E-state index contributed by atoms with van der Waals surface area (Å²) in [6.07, 6.45) is -0.705. The van der Waals surface area contributed by atoms with Crippen LogP contribution in [0.4, 0.5) is 0 Å². The van der Waals surface area contributed by atoms with Crippen LogP contribution in [0.3, 0.4) is 0 Å². The van der Waals surface area contributed by atoms with Crippen LogP contribution in [0.25, 0.3) is 0 Å². The Morgan fingerprint density at radius 2 is 1.56 bits per heavy atom. The van der Waals surface area contributed by atoms with Gasteiger partial charge >= 0.3 is 13.6 Å². The molecule has 0 rings (SSSR count). The number of nitrogens with one attached hydrogen (secondary N) is 1. The van der Waals surface area contributed by atoms with Gasteiger partial charge in [0.2, 0.25) is 0 Å². The van der Waals surface area contributed by atoms with Gasteiger partial charge in [-0.25, -0.2) is 0 Å². The summed E-state index contributed by atoms with van der Waals surface area (Å²) in [5.41, 5.74) is 0. The van der Waals surface area contributed by atoms with E-state index in [1.165, 1.54) is 6.92 Å². The number of hydrogen-bond donors (Lipinski definition) is 2. The average molecular weight is 297 g/mol. The van der Waals surface area contributed by atoms with Crippen LogP contribution in [-0.2, 0) is 18.4 Å². The van der Waals surface area contributed by atoms with E-state index in [-0.39, 0.29) is 16.9 Å². The molecule has 8 heteroatoms. The van der Waals surface area contributed by atoms with Gasteiger partial charge in [-0.3, -0.25) is 9.36 Å². The van der Waals surface area contributed by atoms with Crippen molar-refractivity contribution >= 4 is 30.5 Å². The van der Waals surface area contributed by atoms with Crippen LogP contribution in [-0.4, -0.2) is 34.1 Å². The maximum Gasteiger partial charge on any atom is 0.388 e. The van der Waals surface area contributed by atoms with E-state index in [0.717, 1.165) is 0 Å². The van der Waals surface area contributed by atoms with E-state index in [1.807, 2.05) is 0 Å². The fourth-order valence-electron chi connectivity index (χ4n) is 1.00. The van der Waals surface area contributed by atoms with Gasteiger partial charge in [0.25, 0.3) is 0 Å². The van der Waals surface area contributed by atoms with Gasteiger partial charge in [0.1, 0.15) is 6.04 Å². The Balaban J connectivity index is 4.91. The first-order chi connectivity index (χ1) is 8.08. The van der Waals surface area contributed by atoms with Crippen molar-refractivity contribution in [2.75, 3.05) is 0 Å². The molecule has 0 aliphatic heterocycles. The second-order valence-electron chi connectivity index (χ2n) is 4.32. The highest BCUT2D eigenvalue weighted by Gasteiger charge is 2.35. The van der Waals surface area contributed by atoms with Gasteiger partial charge in [0, 0.05) is 0 Å². The van der Waals surface area contributed by atoms with Crippen LogP contribution in [0.2, 0.25) is 0 Å². The van der Waals surface area contributed by atoms with Crippen molar-refractivity contribution in [3.05, 3.63) is 0 Å². The molecule has 0 heterocycles. The molecular weight excluding hydrogens is 277 g/mol. The molecule has 0 radical (unpaired) electrons. The number of carbonyl (C=O) groups is 1. The summed E-state index contributed by atoms with van der Waals surface area (Å²) < 4.78 is 22.7. The Labute approximate surface area is 113 Å². The monoisotopic (exact) mass is 297 g/mol. The van der Waals surface area contributed by atoms with Gasteiger partial charge in [-0.15, -0.1) is 0 Å². The summed E-state index contributed by atoms with van der Waals surface area (Å²) >= 11 is 4.93. The Kier molecular flexibility index (Phi) is 6.99. The van der Waals surface area contributed by atoms with Gasteiger partial charge in [-0.05, 0) is 34.6 Å². The minimum absolute atomic E-state index is 0.209. The van der Waals surface area contributed by atoms with Crippen LogP contribution >= 0.6 is 19.8 Å². The lowest BCUT2D eigenvalue weighted by atomic mass is 10.4. The number of carboxylic acids is 1. The van der Waals surface area contributed by atoms with E-state index in [0.29, 0.717) is 0 Å². The van der Waals surface area contributed by atoms with Crippen LogP contribution in [0.15, 0.2) is 0 Å². The van der Waals surface area contributed by atoms with Gasteiger partial charge in [0.05, 0.1) is 12.2 Å². The Bertz CT molecular complexity index is 344. The van der Waals surface area contributed by atoms with Gasteiger partial charge in [0.15, 0.2) is 4.73 Å². The maximum atomic E-state index is 12.5. The maximum absolute atomic E-state index is 12.5. The number of aliphatic carboxylic acids is 1. The van der Waals surface area contributed by atoms with E-state index in [1.54, 1.807) is 27.7 Å². The zero-order chi connectivity index (χ0) is 14.5. The highest BCUT2D eigenvalue weighted by molar-refractivity contribution is 7.97. The molecule has 0 saturated heterocycles. The molecule has 2 N–H and O–H groups in total. The van der Waals surface area contributed by atoms with Crippen molar-refractivity contribution in [3.63, 3.8) is 0 Å². The summed E-state index contributed by atoms with van der Waals surface area (Å²) in [7, 11) is -3.66. The molecule has 0 saturated carbocycles. The SMILES string of the molecule is CC(C)OP(=O)(OC(C)C)C(=S)NC(C)C(=O)O. The highest BCUT2D eigenvalue weighted by atomic mass is 32.1. The molecule has 0 bridgehead atoms. The topological polar surface area (TPSA) is 84.9 Å². The Morgan fingerprint density at radius 3 is 1.83 bits per heavy atom. The first-order valence-corrected chi connectivity index (χ1v) is 7.54. The van der Waals surface area contributed by atoms with E-state index in [9.17, 15) is 9.36 Å². The summed E-state index contributed by atoms with van der Waals surface area (Å²) in [6.45, 7) is 8.17. The normalized spacial score (nSPS) is 13.7. The Hall–Kier alpha value is -0.490. The fraction of sp³-hybridized carbons (Fsp3) is 0.800. The van der Waals surface area contributed by atoms with E-state index >= 15 is 0 Å². The van der Waals surface area contributed by atoms with Crippen LogP contribution in [0.1, 0.15) is 34.6 Å². The zero-order valence-electron chi connectivity index (χ0n) is 11.2. The highest BCUT2D eigenvalue weighted by Crippen LogP contribution is 2.51. The quantitative estimate of drug-likeness (QED) is 0.551. The number of hydrogen-bond acceptors (Lipinski definition) is 5.